The zero-order valence-electron chi connectivity index (χ0n) is 85.2. The fourth-order valence-electron chi connectivity index (χ4n) is 18.5. The Morgan fingerprint density at radius 3 is 0.864 bits per heavy atom. The predicted molar refractivity (Wildman–Crippen MR) is 617 cm³/mol. The van der Waals surface area contributed by atoms with Crippen LogP contribution in [0.5, 0.6) is 5.75 Å². The third-order valence-electron chi connectivity index (χ3n) is 26.2. The second kappa shape index (κ2) is 52.5. The third-order valence-corrected chi connectivity index (χ3v) is 32.1. The van der Waals surface area contributed by atoms with Crippen LogP contribution in [0, 0.1) is 106 Å². The van der Waals surface area contributed by atoms with E-state index in [9.17, 15) is 33.2 Å². The molecule has 6 amide bonds. The van der Waals surface area contributed by atoms with Gasteiger partial charge in [0, 0.05) is 232 Å². The van der Waals surface area contributed by atoms with Crippen molar-refractivity contribution in [1.82, 2.24) is 59.3 Å². The summed E-state index contributed by atoms with van der Waals surface area (Å²) in [5.74, 6) is 6.05. The SMILES string of the molecule is COc1cc(I)c(Cl)cc1C(=O)N1CCN(c2ncc(C)cc2C)CC1.Cc1cnc(N2CCN(C(=O)c3cc(F)c(Br)cc3Cl)CC2)c(C)c1.Cc1cnc(N2CCN(C(=O)c3ccc(Br)c(C)c3)CC2)c(C)c1.Cc1cnc(N2CCN(C(=O)c3ccc(Br)c(Cl)c3)CC2)c(C)c1.Cc1cnc(N2CCN(C(=O)c3ccc(Br)cc3C)CC2)c(C)c1.Cc1cnc(N2CCN(C(=O)c3ccc(Br)cc3Cl)CC2)c(C)c1. The van der Waals surface area contributed by atoms with Gasteiger partial charge in [0.25, 0.3) is 35.4 Å². The fraction of sp³-hybridized carbons (Fsp3) is 0.351. The summed E-state index contributed by atoms with van der Waals surface area (Å²) in [5, 5.41) is 1.84. The van der Waals surface area contributed by atoms with Gasteiger partial charge in [-0.1, -0.05) is 131 Å². The van der Waals surface area contributed by atoms with E-state index in [-0.39, 0.29) is 50.5 Å². The molecule has 0 unspecified atom stereocenters. The molecule has 0 spiro atoms. The summed E-state index contributed by atoms with van der Waals surface area (Å²) >= 11 is 43.5. The first-order valence-corrected chi connectivity index (χ1v) is 55.1. The number of pyridine rings is 6. The van der Waals surface area contributed by atoms with Gasteiger partial charge >= 0.3 is 0 Å². The molecule has 0 radical (unpaired) electrons. The first kappa shape index (κ1) is 114. The van der Waals surface area contributed by atoms with Gasteiger partial charge in [0.15, 0.2) is 0 Å². The van der Waals surface area contributed by atoms with Crippen LogP contribution < -0.4 is 34.1 Å². The number of carbonyl (C=O) groups is 6. The molecule has 6 aromatic heterocycles. The summed E-state index contributed by atoms with van der Waals surface area (Å²) in [6.07, 6.45) is 11.3. The second-order valence-corrected chi connectivity index (χ2v) is 44.7. The number of benzene rings is 6. The molecule has 12 heterocycles. The van der Waals surface area contributed by atoms with Gasteiger partial charge in [-0.25, -0.2) is 34.3 Å². The third kappa shape index (κ3) is 29.8. The number of hydrogen-bond acceptors (Lipinski definition) is 19. The number of amides is 6. The molecule has 0 bridgehead atoms. The van der Waals surface area contributed by atoms with E-state index in [2.05, 4.69) is 246 Å². The van der Waals surface area contributed by atoms with Crippen LogP contribution in [0.3, 0.4) is 0 Å². The van der Waals surface area contributed by atoms with Crippen molar-refractivity contribution >= 4 is 219 Å². The number of piperazine rings is 6. The maximum Gasteiger partial charge on any atom is 0.257 e. The molecule has 6 saturated heterocycles. The van der Waals surface area contributed by atoms with E-state index in [1.165, 1.54) is 45.5 Å². The zero-order valence-corrected chi connectivity index (χ0v) is 98.3. The summed E-state index contributed by atoms with van der Waals surface area (Å²) in [7, 11) is 1.57. The maximum absolute atomic E-state index is 13.8. The Labute approximate surface area is 937 Å². The second-order valence-electron chi connectivity index (χ2n) is 37.5. The van der Waals surface area contributed by atoms with Crippen LogP contribution in [0.15, 0.2) is 193 Å². The molecule has 0 N–H and O–H groups in total. The maximum atomic E-state index is 13.8. The number of hydrogen-bond donors (Lipinski definition) is 0. The van der Waals surface area contributed by atoms with Crippen molar-refractivity contribution in [1.29, 1.82) is 0 Å². The van der Waals surface area contributed by atoms with Crippen LogP contribution >= 0.6 is 149 Å². The monoisotopic (exact) mass is 2500 g/mol. The molecule has 774 valence electrons. The predicted octanol–water partition coefficient (Wildman–Crippen LogP) is 23.8. The van der Waals surface area contributed by atoms with Gasteiger partial charge in [-0.15, -0.1) is 0 Å². The van der Waals surface area contributed by atoms with Gasteiger partial charge in [0.2, 0.25) is 0 Å². The molecule has 0 atom stereocenters. The van der Waals surface area contributed by atoms with Crippen LogP contribution in [-0.2, 0) is 0 Å². The van der Waals surface area contributed by atoms with Gasteiger partial charge < -0.3 is 63.5 Å². The molecule has 12 aromatic rings. The molecule has 0 saturated carbocycles. The van der Waals surface area contributed by atoms with Gasteiger partial charge in [0.05, 0.1) is 48.4 Å². The van der Waals surface area contributed by atoms with Crippen molar-refractivity contribution in [2.75, 3.05) is 194 Å². The number of nitrogens with zero attached hydrogens (tertiary/aromatic N) is 18. The molecule has 6 aliphatic rings. The smallest absolute Gasteiger partial charge is 0.257 e. The fourth-order valence-corrected chi connectivity index (χ4v) is 21.7. The summed E-state index contributed by atoms with van der Waals surface area (Å²) in [5.41, 5.74) is 19.5. The lowest BCUT2D eigenvalue weighted by Gasteiger charge is -2.36. The van der Waals surface area contributed by atoms with Gasteiger partial charge in [-0.2, -0.15) is 0 Å². The van der Waals surface area contributed by atoms with E-state index >= 15 is 0 Å². The Morgan fingerprint density at radius 1 is 0.272 bits per heavy atom. The van der Waals surface area contributed by atoms with Crippen molar-refractivity contribution in [2.45, 2.75) is 96.9 Å². The molecular weight excluding hydrogens is 2380 g/mol. The van der Waals surface area contributed by atoms with E-state index in [4.69, 9.17) is 51.1 Å². The normalized spacial score (nSPS) is 14.8. The number of halogens is 11. The molecule has 25 nitrogen and oxygen atoms in total. The number of aromatic nitrogens is 6. The number of aryl methyl sites for hydroxylation is 14. The first-order chi connectivity index (χ1) is 70.1. The number of ether oxygens (including phenoxy) is 1. The van der Waals surface area contributed by atoms with Crippen molar-refractivity contribution in [2.24, 2.45) is 0 Å². The van der Waals surface area contributed by atoms with E-state index in [0.29, 0.717) is 103 Å². The average Bonchev–Trinajstić information content (AvgIpc) is 0.801. The topological polar surface area (TPSA) is 228 Å². The first-order valence-electron chi connectivity index (χ1n) is 48.5. The number of methoxy groups -OCH3 is 1. The van der Waals surface area contributed by atoms with Crippen molar-refractivity contribution < 1.29 is 37.9 Å². The van der Waals surface area contributed by atoms with Crippen LogP contribution in [0.1, 0.15) is 140 Å². The highest BCUT2D eigenvalue weighted by Gasteiger charge is 2.34. The molecule has 6 aliphatic heterocycles. The summed E-state index contributed by atoms with van der Waals surface area (Å²) in [6, 6.07) is 41.2. The Hall–Kier alpha value is -10.1. The minimum absolute atomic E-state index is 0.0132. The Morgan fingerprint density at radius 2 is 0.558 bits per heavy atom. The largest absolute Gasteiger partial charge is 0.496 e. The minimum Gasteiger partial charge on any atom is -0.496 e. The highest BCUT2D eigenvalue weighted by molar-refractivity contribution is 14.1. The lowest BCUT2D eigenvalue weighted by Crippen LogP contribution is -2.49. The van der Waals surface area contributed by atoms with Gasteiger partial charge in [0.1, 0.15) is 46.5 Å². The van der Waals surface area contributed by atoms with Crippen LogP contribution in [0.25, 0.3) is 0 Å². The van der Waals surface area contributed by atoms with E-state index in [1.54, 1.807) is 48.4 Å². The van der Waals surface area contributed by atoms with E-state index in [0.717, 1.165) is 204 Å². The molecule has 147 heavy (non-hydrogen) atoms. The lowest BCUT2D eigenvalue weighted by atomic mass is 10.1. The highest BCUT2D eigenvalue weighted by atomic mass is 127. The molecular formula is C111H121Br5Cl4FIN18O7. The zero-order chi connectivity index (χ0) is 106. The number of carbonyl (C=O) groups excluding carboxylic acids is 6. The Balaban J connectivity index is 0.000000147. The van der Waals surface area contributed by atoms with Crippen molar-refractivity contribution in [3.8, 4) is 5.75 Å². The van der Waals surface area contributed by atoms with Crippen molar-refractivity contribution in [3.63, 3.8) is 0 Å². The molecule has 36 heteroatoms. The van der Waals surface area contributed by atoms with Crippen LogP contribution in [-0.4, -0.2) is 259 Å². The average molecular weight is 2510 g/mol. The minimum atomic E-state index is -0.495. The number of anilines is 6. The summed E-state index contributed by atoms with van der Waals surface area (Å²) in [4.78, 5) is 128. The highest BCUT2D eigenvalue weighted by Crippen LogP contribution is 2.36. The lowest BCUT2D eigenvalue weighted by molar-refractivity contribution is 0.0736. The van der Waals surface area contributed by atoms with Gasteiger partial charge in [-0.05, 0) is 326 Å². The van der Waals surface area contributed by atoms with E-state index < -0.39 is 5.82 Å². The van der Waals surface area contributed by atoms with Crippen LogP contribution in [0.4, 0.5) is 39.3 Å². The standard InChI is InChI=1S/2C19H22BrN3O.C19H21ClIN3O2.C18H18BrClFN3O.2C18H19BrClN3O/c1-13-10-15(3)18(21-12-13)22-6-8-23(9-7-22)19(24)17-5-4-16(20)11-14(17)2;1-13-10-15(3)18(21-12-13)22-6-8-23(9-7-22)19(24)16-4-5-17(20)14(2)11-16;1-12-8-13(2)18(22-11-12)23-4-6-24(7-5-23)19(25)14-9-15(20)16(21)10-17(14)26-3;1-11-7-12(2)17(22-10-11)23-3-5-24(6-4-23)18(25)13-8-16(21)14(19)9-15(13)20;1-12-9-13(2)17(21-11-12)22-5-7-23(8-6-22)18(24)15-4-3-14(19)10-16(15)20;1-12-9-13(2)17(21-11-12)22-5-7-23(8-6-22)18(24)14-3-4-15(19)16(20)10-14/h2*4-5,10-12H,6-9H2,1-3H3;8-11H,4-7H2,1-3H3;7-10H,3-6H2,1-2H3;2*3-4,9-11H,5-8H2,1-2H3. The Kier molecular flexibility index (Phi) is 40.7. The van der Waals surface area contributed by atoms with Gasteiger partial charge in [-0.3, -0.25) is 28.8 Å². The molecule has 18 rings (SSSR count). The summed E-state index contributed by atoms with van der Waals surface area (Å²) < 4.78 is 23.9. The molecule has 6 fully saturated rings. The molecule has 6 aromatic carbocycles. The van der Waals surface area contributed by atoms with Crippen molar-refractivity contribution in [3.05, 3.63) is 334 Å². The Bertz CT molecular complexity index is 6550. The quantitative estimate of drug-likeness (QED) is 0.0772. The van der Waals surface area contributed by atoms with E-state index in [1.807, 2.05) is 159 Å². The number of rotatable bonds is 13. The molecule has 0 aliphatic carbocycles. The van der Waals surface area contributed by atoms with Crippen LogP contribution in [0.2, 0.25) is 20.1 Å². The summed E-state index contributed by atoms with van der Waals surface area (Å²) in [6.45, 7) is 45.9.